The van der Waals surface area contributed by atoms with Crippen LogP contribution in [0.3, 0.4) is 0 Å². The zero-order chi connectivity index (χ0) is 18.1. The quantitative estimate of drug-likeness (QED) is 0.706. The third-order valence-corrected chi connectivity index (χ3v) is 5.49. The summed E-state index contributed by atoms with van der Waals surface area (Å²) in [7, 11) is 0. The summed E-state index contributed by atoms with van der Waals surface area (Å²) in [6.07, 6.45) is 6.07. The van der Waals surface area contributed by atoms with Gasteiger partial charge >= 0.3 is 0 Å². The van der Waals surface area contributed by atoms with E-state index in [9.17, 15) is 0 Å². The van der Waals surface area contributed by atoms with Crippen molar-refractivity contribution in [2.24, 2.45) is 5.92 Å². The summed E-state index contributed by atoms with van der Waals surface area (Å²) in [6, 6.07) is 12.2. The van der Waals surface area contributed by atoms with Crippen LogP contribution in [0.4, 0.5) is 5.95 Å². The van der Waals surface area contributed by atoms with Crippen LogP contribution in [-0.2, 0) is 6.54 Å². The van der Waals surface area contributed by atoms with Crippen LogP contribution < -0.4 is 4.90 Å². The minimum Gasteiger partial charge on any atom is -0.419 e. The molecule has 3 fully saturated rings. The topological polar surface area (TPSA) is 71.2 Å². The maximum Gasteiger partial charge on any atom is 0.247 e. The highest BCUT2D eigenvalue weighted by Crippen LogP contribution is 2.30. The molecule has 0 spiro atoms. The van der Waals surface area contributed by atoms with Gasteiger partial charge in [-0.25, -0.2) is 9.97 Å². The van der Waals surface area contributed by atoms with Gasteiger partial charge in [-0.2, -0.15) is 0 Å². The number of anilines is 1. The Morgan fingerprint density at radius 2 is 1.78 bits per heavy atom. The van der Waals surface area contributed by atoms with Crippen molar-refractivity contribution >= 4 is 5.95 Å². The lowest BCUT2D eigenvalue weighted by Crippen LogP contribution is -2.43. The first-order valence-electron chi connectivity index (χ1n) is 9.49. The predicted octanol–water partition coefficient (Wildman–Crippen LogP) is 2.63. The minimum atomic E-state index is 0.458. The summed E-state index contributed by atoms with van der Waals surface area (Å²) < 4.78 is 5.93. The standard InChI is InChI=1S/C20H22N6O/c1-2-5-16(6-3-1)19-24-23-18(27-19)14-25-11-15-7-8-17(25)13-26(12-15)20-21-9-4-10-22-20/h1-6,9-10,15,17H,7-8,11-14H2. The molecule has 7 heteroatoms. The highest BCUT2D eigenvalue weighted by atomic mass is 16.4. The summed E-state index contributed by atoms with van der Waals surface area (Å²) in [4.78, 5) is 13.7. The maximum absolute atomic E-state index is 5.93. The van der Waals surface area contributed by atoms with E-state index in [1.165, 1.54) is 12.8 Å². The monoisotopic (exact) mass is 362 g/mol. The lowest BCUT2D eigenvalue weighted by atomic mass is 9.95. The summed E-state index contributed by atoms with van der Waals surface area (Å²) in [5.74, 6) is 2.72. The van der Waals surface area contributed by atoms with Gasteiger partial charge in [0.2, 0.25) is 17.7 Å². The Bertz CT molecular complexity index is 884. The molecule has 27 heavy (non-hydrogen) atoms. The average molecular weight is 362 g/mol. The van der Waals surface area contributed by atoms with E-state index in [0.29, 0.717) is 30.3 Å². The molecule has 7 nitrogen and oxygen atoms in total. The third kappa shape index (κ3) is 3.42. The first-order chi connectivity index (χ1) is 13.3. The Balaban J connectivity index is 1.31. The van der Waals surface area contributed by atoms with Crippen LogP contribution in [0.15, 0.2) is 53.2 Å². The van der Waals surface area contributed by atoms with Crippen molar-refractivity contribution in [1.82, 2.24) is 25.1 Å². The summed E-state index contributed by atoms with van der Waals surface area (Å²) in [6.45, 7) is 3.71. The molecule has 1 aromatic carbocycles. The largest absolute Gasteiger partial charge is 0.419 e. The first-order valence-corrected chi connectivity index (χ1v) is 9.49. The number of rotatable bonds is 4. The highest BCUT2D eigenvalue weighted by molar-refractivity contribution is 5.51. The van der Waals surface area contributed by atoms with E-state index in [4.69, 9.17) is 4.42 Å². The van der Waals surface area contributed by atoms with Crippen molar-refractivity contribution in [3.63, 3.8) is 0 Å². The molecular weight excluding hydrogens is 340 g/mol. The van der Waals surface area contributed by atoms with Gasteiger partial charge in [-0.05, 0) is 37.0 Å². The normalized spacial score (nSPS) is 22.7. The molecule has 5 heterocycles. The Hall–Kier alpha value is -2.80. The molecule has 3 aliphatic heterocycles. The zero-order valence-electron chi connectivity index (χ0n) is 15.1. The average Bonchev–Trinajstić information content (AvgIpc) is 3.00. The van der Waals surface area contributed by atoms with Gasteiger partial charge in [0.05, 0.1) is 6.54 Å². The molecule has 3 saturated heterocycles. The van der Waals surface area contributed by atoms with Gasteiger partial charge in [-0.1, -0.05) is 18.2 Å². The van der Waals surface area contributed by atoms with Gasteiger partial charge in [0.25, 0.3) is 0 Å². The second kappa shape index (κ2) is 7.08. The van der Waals surface area contributed by atoms with E-state index in [1.807, 2.05) is 48.8 Å². The molecule has 3 aliphatic rings. The SMILES string of the molecule is c1ccc(-c2nnc(CN3CC4CCC3CN(c3ncccn3)C4)o2)cc1. The van der Waals surface area contributed by atoms with Crippen LogP contribution in [0.1, 0.15) is 18.7 Å². The van der Waals surface area contributed by atoms with Crippen molar-refractivity contribution in [2.45, 2.75) is 25.4 Å². The molecule has 2 aromatic heterocycles. The van der Waals surface area contributed by atoms with Gasteiger partial charge in [-0.3, -0.25) is 4.90 Å². The molecule has 6 rings (SSSR count). The zero-order valence-corrected chi connectivity index (χ0v) is 15.1. The molecule has 0 N–H and O–H groups in total. The van der Waals surface area contributed by atoms with E-state index >= 15 is 0 Å². The molecule has 0 aliphatic carbocycles. The van der Waals surface area contributed by atoms with E-state index in [1.54, 1.807) is 0 Å². The van der Waals surface area contributed by atoms with Crippen LogP contribution in [0, 0.1) is 5.92 Å². The summed E-state index contributed by atoms with van der Waals surface area (Å²) in [5.41, 5.74) is 0.959. The second-order valence-electron chi connectivity index (χ2n) is 7.35. The Labute approximate surface area is 158 Å². The fourth-order valence-electron chi connectivity index (χ4n) is 4.18. The predicted molar refractivity (Wildman–Crippen MR) is 101 cm³/mol. The van der Waals surface area contributed by atoms with Crippen molar-refractivity contribution in [1.29, 1.82) is 0 Å². The van der Waals surface area contributed by atoms with E-state index in [-0.39, 0.29) is 0 Å². The van der Waals surface area contributed by atoms with Crippen molar-refractivity contribution in [3.8, 4) is 11.5 Å². The van der Waals surface area contributed by atoms with Gasteiger partial charge in [0.1, 0.15) is 0 Å². The van der Waals surface area contributed by atoms with E-state index in [2.05, 4.69) is 30.0 Å². The number of hydrogen-bond acceptors (Lipinski definition) is 7. The third-order valence-electron chi connectivity index (χ3n) is 5.49. The summed E-state index contributed by atoms with van der Waals surface area (Å²) in [5, 5.41) is 8.51. The number of fused-ring (bicyclic) bond motifs is 4. The Morgan fingerprint density at radius 1 is 0.926 bits per heavy atom. The molecule has 2 bridgehead atoms. The molecule has 138 valence electrons. The highest BCUT2D eigenvalue weighted by Gasteiger charge is 2.36. The fraction of sp³-hybridized carbons (Fsp3) is 0.400. The fourth-order valence-corrected chi connectivity index (χ4v) is 4.18. The molecule has 0 radical (unpaired) electrons. The molecule has 2 unspecified atom stereocenters. The number of hydrogen-bond donors (Lipinski definition) is 0. The molecule has 2 atom stereocenters. The van der Waals surface area contributed by atoms with E-state index < -0.39 is 0 Å². The van der Waals surface area contributed by atoms with Crippen LogP contribution >= 0.6 is 0 Å². The van der Waals surface area contributed by atoms with Crippen LogP contribution in [0.5, 0.6) is 0 Å². The van der Waals surface area contributed by atoms with Crippen molar-refractivity contribution in [2.75, 3.05) is 24.5 Å². The molecular formula is C20H22N6O. The molecule has 3 aromatic rings. The number of aromatic nitrogens is 4. The Kier molecular flexibility index (Phi) is 4.29. The molecule has 0 saturated carbocycles. The molecule has 0 amide bonds. The van der Waals surface area contributed by atoms with Crippen molar-refractivity contribution < 1.29 is 4.42 Å². The summed E-state index contributed by atoms with van der Waals surface area (Å²) >= 11 is 0. The van der Waals surface area contributed by atoms with Crippen molar-refractivity contribution in [3.05, 3.63) is 54.7 Å². The van der Waals surface area contributed by atoms with Crippen LogP contribution in [0.2, 0.25) is 0 Å². The first kappa shape index (κ1) is 16.4. The van der Waals surface area contributed by atoms with Gasteiger partial charge in [-0.15, -0.1) is 10.2 Å². The van der Waals surface area contributed by atoms with Gasteiger partial charge in [0.15, 0.2) is 0 Å². The lowest BCUT2D eigenvalue weighted by molar-refractivity contribution is 0.115. The minimum absolute atomic E-state index is 0.458. The second-order valence-corrected chi connectivity index (χ2v) is 7.35. The van der Waals surface area contributed by atoms with E-state index in [0.717, 1.165) is 31.1 Å². The smallest absolute Gasteiger partial charge is 0.247 e. The maximum atomic E-state index is 5.93. The van der Waals surface area contributed by atoms with Crippen LogP contribution in [0.25, 0.3) is 11.5 Å². The number of piperidine rings is 1. The lowest BCUT2D eigenvalue weighted by Gasteiger charge is -2.34. The van der Waals surface area contributed by atoms with Gasteiger partial charge in [0, 0.05) is 43.6 Å². The number of benzene rings is 1. The number of nitrogens with zero attached hydrogens (tertiary/aromatic N) is 6. The Morgan fingerprint density at radius 3 is 2.63 bits per heavy atom. The van der Waals surface area contributed by atoms with Gasteiger partial charge < -0.3 is 9.32 Å². The van der Waals surface area contributed by atoms with Crippen LogP contribution in [-0.4, -0.2) is 50.7 Å².